The number of likely N-dealkylation sites (N-methyl/N-ethyl adjacent to an activating group) is 1. The van der Waals surface area contributed by atoms with Crippen molar-refractivity contribution in [1.82, 2.24) is 5.32 Å². The lowest BCUT2D eigenvalue weighted by Crippen LogP contribution is -2.26. The van der Waals surface area contributed by atoms with Gasteiger partial charge in [-0.05, 0) is 30.5 Å². The Hall–Kier alpha value is -0.860. The van der Waals surface area contributed by atoms with Crippen LogP contribution in [0.4, 0.5) is 0 Å². The van der Waals surface area contributed by atoms with Gasteiger partial charge in [0.25, 0.3) is 0 Å². The Kier molecular flexibility index (Phi) is 5.16. The Bertz CT molecular complexity index is 341. The van der Waals surface area contributed by atoms with E-state index in [0.717, 1.165) is 13.2 Å². The van der Waals surface area contributed by atoms with Gasteiger partial charge >= 0.3 is 0 Å². The fourth-order valence-electron chi connectivity index (χ4n) is 2.05. The molecule has 17 heavy (non-hydrogen) atoms. The molecule has 96 valence electrons. The predicted octanol–water partition coefficient (Wildman–Crippen LogP) is 3.28. The summed E-state index contributed by atoms with van der Waals surface area (Å²) in [6.45, 7) is 10.3. The maximum Gasteiger partial charge on any atom is 0.0661 e. The molecule has 0 heterocycles. The van der Waals surface area contributed by atoms with Crippen LogP contribution in [0.2, 0.25) is 0 Å². The molecule has 2 heteroatoms. The van der Waals surface area contributed by atoms with E-state index >= 15 is 0 Å². The third-order valence-corrected chi connectivity index (χ3v) is 2.98. The first kappa shape index (κ1) is 14.2. The fourth-order valence-corrected chi connectivity index (χ4v) is 2.05. The zero-order valence-electron chi connectivity index (χ0n) is 11.7. The summed E-state index contributed by atoms with van der Waals surface area (Å²) in [4.78, 5) is 0. The fraction of sp³-hybridized carbons (Fsp3) is 0.600. The van der Waals surface area contributed by atoms with Crippen molar-refractivity contribution >= 4 is 0 Å². The highest BCUT2D eigenvalue weighted by molar-refractivity contribution is 5.35. The van der Waals surface area contributed by atoms with Crippen LogP contribution in [-0.4, -0.2) is 20.3 Å². The van der Waals surface area contributed by atoms with Crippen molar-refractivity contribution in [3.63, 3.8) is 0 Å². The van der Waals surface area contributed by atoms with Crippen LogP contribution in [-0.2, 0) is 10.2 Å². The van der Waals surface area contributed by atoms with Gasteiger partial charge in [-0.2, -0.15) is 0 Å². The van der Waals surface area contributed by atoms with Crippen LogP contribution >= 0.6 is 0 Å². The molecule has 0 fully saturated rings. The van der Waals surface area contributed by atoms with Crippen molar-refractivity contribution in [3.8, 4) is 0 Å². The summed E-state index contributed by atoms with van der Waals surface area (Å²) < 4.78 is 5.55. The molecule has 0 aliphatic carbocycles. The number of rotatable bonds is 5. The molecule has 0 saturated heterocycles. The zero-order valence-corrected chi connectivity index (χ0v) is 11.7. The largest absolute Gasteiger partial charge is 0.380 e. The first-order chi connectivity index (χ1) is 8.00. The molecule has 0 aromatic heterocycles. The topological polar surface area (TPSA) is 21.3 Å². The maximum absolute atomic E-state index is 5.55. The molecular weight excluding hydrogens is 210 g/mol. The second-order valence-corrected chi connectivity index (χ2v) is 5.34. The summed E-state index contributed by atoms with van der Waals surface area (Å²) in [5.74, 6) is 0. The SMILES string of the molecule is CCOCC(NC)c1ccccc1C(C)(C)C. The Labute approximate surface area is 105 Å². The minimum absolute atomic E-state index is 0.165. The Balaban J connectivity index is 3.02. The van der Waals surface area contributed by atoms with Gasteiger partial charge in [0.15, 0.2) is 0 Å². The van der Waals surface area contributed by atoms with Crippen LogP contribution < -0.4 is 5.32 Å². The molecule has 0 aliphatic heterocycles. The van der Waals surface area contributed by atoms with E-state index in [0.29, 0.717) is 0 Å². The third kappa shape index (κ3) is 3.83. The molecule has 1 atom stereocenters. The minimum Gasteiger partial charge on any atom is -0.380 e. The first-order valence-electron chi connectivity index (χ1n) is 6.35. The lowest BCUT2D eigenvalue weighted by Gasteiger charge is -2.27. The smallest absolute Gasteiger partial charge is 0.0661 e. The molecule has 1 N–H and O–H groups in total. The highest BCUT2D eigenvalue weighted by atomic mass is 16.5. The molecule has 0 saturated carbocycles. The molecule has 1 aromatic rings. The highest BCUT2D eigenvalue weighted by Gasteiger charge is 2.21. The minimum atomic E-state index is 0.165. The van der Waals surface area contributed by atoms with Crippen LogP contribution in [0.3, 0.4) is 0 Å². The summed E-state index contributed by atoms with van der Waals surface area (Å²) in [5.41, 5.74) is 2.90. The van der Waals surface area contributed by atoms with Gasteiger partial charge in [-0.15, -0.1) is 0 Å². The lowest BCUT2D eigenvalue weighted by molar-refractivity contribution is 0.125. The summed E-state index contributed by atoms with van der Waals surface area (Å²) in [5, 5.41) is 3.34. The summed E-state index contributed by atoms with van der Waals surface area (Å²) in [7, 11) is 1.99. The van der Waals surface area contributed by atoms with Crippen LogP contribution in [0.5, 0.6) is 0 Å². The van der Waals surface area contributed by atoms with Crippen molar-refractivity contribution in [2.75, 3.05) is 20.3 Å². The van der Waals surface area contributed by atoms with Gasteiger partial charge < -0.3 is 10.1 Å². The van der Waals surface area contributed by atoms with E-state index in [1.54, 1.807) is 0 Å². The number of ether oxygens (including phenoxy) is 1. The number of nitrogens with one attached hydrogen (secondary N) is 1. The van der Waals surface area contributed by atoms with Crippen molar-refractivity contribution in [1.29, 1.82) is 0 Å². The summed E-state index contributed by atoms with van der Waals surface area (Å²) in [6, 6.07) is 8.88. The van der Waals surface area contributed by atoms with Crippen molar-refractivity contribution in [2.24, 2.45) is 0 Å². The number of hydrogen-bond acceptors (Lipinski definition) is 2. The van der Waals surface area contributed by atoms with E-state index in [9.17, 15) is 0 Å². The van der Waals surface area contributed by atoms with Crippen molar-refractivity contribution < 1.29 is 4.74 Å². The van der Waals surface area contributed by atoms with Crippen molar-refractivity contribution in [3.05, 3.63) is 35.4 Å². The number of benzene rings is 1. The van der Waals surface area contributed by atoms with E-state index in [1.165, 1.54) is 11.1 Å². The standard InChI is InChI=1S/C15H25NO/c1-6-17-11-14(16-5)12-9-7-8-10-13(12)15(2,3)4/h7-10,14,16H,6,11H2,1-5H3. The summed E-state index contributed by atoms with van der Waals surface area (Å²) in [6.07, 6.45) is 0. The Morgan fingerprint density at radius 2 is 1.88 bits per heavy atom. The molecule has 1 rings (SSSR count). The van der Waals surface area contributed by atoms with Crippen LogP contribution in [0, 0.1) is 0 Å². The highest BCUT2D eigenvalue weighted by Crippen LogP contribution is 2.29. The average Bonchev–Trinajstić information content (AvgIpc) is 2.29. The van der Waals surface area contributed by atoms with Gasteiger partial charge in [0.2, 0.25) is 0 Å². The Morgan fingerprint density at radius 1 is 1.24 bits per heavy atom. The molecule has 2 nitrogen and oxygen atoms in total. The second kappa shape index (κ2) is 6.18. The van der Waals surface area contributed by atoms with Crippen LogP contribution in [0.1, 0.15) is 44.9 Å². The van der Waals surface area contributed by atoms with Gasteiger partial charge in [0.05, 0.1) is 12.6 Å². The van der Waals surface area contributed by atoms with Crippen LogP contribution in [0.15, 0.2) is 24.3 Å². The monoisotopic (exact) mass is 235 g/mol. The van der Waals surface area contributed by atoms with Crippen molar-refractivity contribution in [2.45, 2.75) is 39.2 Å². The molecule has 0 bridgehead atoms. The Morgan fingerprint density at radius 3 is 2.41 bits per heavy atom. The second-order valence-electron chi connectivity index (χ2n) is 5.34. The van der Waals surface area contributed by atoms with Crippen LogP contribution in [0.25, 0.3) is 0 Å². The maximum atomic E-state index is 5.55. The van der Waals surface area contributed by atoms with Gasteiger partial charge in [0, 0.05) is 6.61 Å². The van der Waals surface area contributed by atoms with Gasteiger partial charge in [-0.3, -0.25) is 0 Å². The van der Waals surface area contributed by atoms with Gasteiger partial charge in [-0.25, -0.2) is 0 Å². The van der Waals surface area contributed by atoms with E-state index in [4.69, 9.17) is 4.74 Å². The van der Waals surface area contributed by atoms with E-state index in [-0.39, 0.29) is 11.5 Å². The van der Waals surface area contributed by atoms with E-state index in [1.807, 2.05) is 14.0 Å². The molecular formula is C15H25NO. The van der Waals surface area contributed by atoms with E-state index in [2.05, 4.69) is 50.4 Å². The first-order valence-corrected chi connectivity index (χ1v) is 6.35. The zero-order chi connectivity index (χ0) is 12.9. The number of hydrogen-bond donors (Lipinski definition) is 1. The quantitative estimate of drug-likeness (QED) is 0.845. The molecule has 0 radical (unpaired) electrons. The third-order valence-electron chi connectivity index (χ3n) is 2.98. The molecule has 1 aromatic carbocycles. The molecule has 0 aliphatic rings. The van der Waals surface area contributed by atoms with E-state index < -0.39 is 0 Å². The summed E-state index contributed by atoms with van der Waals surface area (Å²) >= 11 is 0. The normalized spacial score (nSPS) is 13.7. The van der Waals surface area contributed by atoms with Gasteiger partial charge in [0.1, 0.15) is 0 Å². The average molecular weight is 235 g/mol. The lowest BCUT2D eigenvalue weighted by atomic mass is 9.82. The predicted molar refractivity (Wildman–Crippen MR) is 73.4 cm³/mol. The van der Waals surface area contributed by atoms with Gasteiger partial charge in [-0.1, -0.05) is 45.0 Å². The molecule has 0 amide bonds. The molecule has 1 unspecified atom stereocenters. The molecule has 0 spiro atoms.